The molecular weight excluding hydrogens is 320 g/mol. The van der Waals surface area contributed by atoms with Gasteiger partial charge in [-0.1, -0.05) is 19.8 Å². The van der Waals surface area contributed by atoms with E-state index in [-0.39, 0.29) is 29.9 Å². The number of ether oxygens (including phenoxy) is 2. The third kappa shape index (κ3) is 5.47. The Labute approximate surface area is 139 Å². The lowest BCUT2D eigenvalue weighted by Gasteiger charge is -2.29. The van der Waals surface area contributed by atoms with Gasteiger partial charge in [-0.05, 0) is 43.0 Å². The topological polar surface area (TPSA) is 64.6 Å². The average molecular weight is 341 g/mol. The van der Waals surface area contributed by atoms with Crippen molar-refractivity contribution >= 4 is 11.9 Å². The summed E-state index contributed by atoms with van der Waals surface area (Å²) in [6, 6.07) is 5.22. The van der Waals surface area contributed by atoms with Gasteiger partial charge in [0.2, 0.25) is 0 Å². The van der Waals surface area contributed by atoms with Crippen LogP contribution in [0, 0.1) is 5.92 Å². The zero-order valence-corrected chi connectivity index (χ0v) is 13.5. The van der Waals surface area contributed by atoms with Crippen molar-refractivity contribution in [3.05, 3.63) is 29.8 Å². The number of hydrogen-bond donors (Lipinski definition) is 1. The second kappa shape index (κ2) is 8.61. The highest BCUT2D eigenvalue weighted by atomic mass is 19.3. The van der Waals surface area contributed by atoms with Crippen molar-refractivity contribution in [3.8, 4) is 5.75 Å². The minimum Gasteiger partial charge on any atom is -0.452 e. The number of carbonyl (C=O) groups is 2. The second-order valence-corrected chi connectivity index (χ2v) is 5.91. The molecule has 0 aromatic heterocycles. The molecule has 1 saturated carbocycles. The largest absolute Gasteiger partial charge is 0.452 e. The van der Waals surface area contributed by atoms with Gasteiger partial charge in [0.25, 0.3) is 5.91 Å². The van der Waals surface area contributed by atoms with Crippen LogP contribution >= 0.6 is 0 Å². The molecule has 1 aromatic carbocycles. The monoisotopic (exact) mass is 341 g/mol. The summed E-state index contributed by atoms with van der Waals surface area (Å²) in [5, 5.41) is 2.89. The third-order valence-electron chi connectivity index (χ3n) is 4.11. The van der Waals surface area contributed by atoms with Gasteiger partial charge < -0.3 is 14.8 Å². The Morgan fingerprint density at radius 2 is 1.88 bits per heavy atom. The Kier molecular flexibility index (Phi) is 6.52. The molecule has 2 atom stereocenters. The fourth-order valence-corrected chi connectivity index (χ4v) is 2.77. The third-order valence-corrected chi connectivity index (χ3v) is 4.11. The van der Waals surface area contributed by atoms with Gasteiger partial charge >= 0.3 is 12.6 Å². The summed E-state index contributed by atoms with van der Waals surface area (Å²) in [6.45, 7) is -1.19. The Bertz CT molecular complexity index is 562. The number of halogens is 2. The lowest BCUT2D eigenvalue weighted by molar-refractivity contribution is -0.125. The molecule has 0 bridgehead atoms. The van der Waals surface area contributed by atoms with Crippen LogP contribution in [0.1, 0.15) is 43.0 Å². The predicted octanol–water partition coefficient (Wildman–Crippen LogP) is 3.14. The Hall–Kier alpha value is -2.18. The van der Waals surface area contributed by atoms with Gasteiger partial charge in [0.05, 0.1) is 5.56 Å². The number of benzene rings is 1. The molecule has 5 nitrogen and oxygen atoms in total. The summed E-state index contributed by atoms with van der Waals surface area (Å²) < 4.78 is 33.2. The number of hydrogen-bond acceptors (Lipinski definition) is 4. The maximum atomic E-state index is 12.1. The number of alkyl halides is 2. The van der Waals surface area contributed by atoms with Crippen LogP contribution in [-0.2, 0) is 9.53 Å². The molecule has 0 spiro atoms. The molecule has 1 fully saturated rings. The lowest BCUT2D eigenvalue weighted by Crippen LogP contribution is -2.42. The molecule has 1 aromatic rings. The quantitative estimate of drug-likeness (QED) is 0.808. The zero-order valence-electron chi connectivity index (χ0n) is 13.5. The number of esters is 1. The first-order valence-electron chi connectivity index (χ1n) is 7.97. The van der Waals surface area contributed by atoms with Crippen LogP contribution in [0.15, 0.2) is 24.3 Å². The van der Waals surface area contributed by atoms with Gasteiger partial charge in [0, 0.05) is 6.04 Å². The molecule has 2 rings (SSSR count). The van der Waals surface area contributed by atoms with Crippen LogP contribution < -0.4 is 10.1 Å². The van der Waals surface area contributed by atoms with Gasteiger partial charge in [-0.15, -0.1) is 0 Å². The highest BCUT2D eigenvalue weighted by Gasteiger charge is 2.23. The van der Waals surface area contributed by atoms with Gasteiger partial charge in [-0.2, -0.15) is 8.78 Å². The van der Waals surface area contributed by atoms with Crippen molar-refractivity contribution < 1.29 is 27.8 Å². The first-order chi connectivity index (χ1) is 11.5. The summed E-state index contributed by atoms with van der Waals surface area (Å²) in [4.78, 5) is 23.7. The van der Waals surface area contributed by atoms with Crippen molar-refractivity contribution in [2.75, 3.05) is 6.61 Å². The molecule has 0 heterocycles. The number of nitrogens with one attached hydrogen (secondary N) is 1. The van der Waals surface area contributed by atoms with E-state index >= 15 is 0 Å². The van der Waals surface area contributed by atoms with E-state index in [4.69, 9.17) is 4.74 Å². The van der Waals surface area contributed by atoms with E-state index in [1.54, 1.807) is 0 Å². The molecule has 7 heteroatoms. The van der Waals surface area contributed by atoms with Crippen LogP contribution in [0.5, 0.6) is 5.75 Å². The maximum Gasteiger partial charge on any atom is 0.387 e. The SMILES string of the molecule is CC1CCCCC1NC(=O)COC(=O)c1ccc(OC(F)F)cc1. The number of amides is 1. The summed E-state index contributed by atoms with van der Waals surface area (Å²) in [5.74, 6) is -0.656. The summed E-state index contributed by atoms with van der Waals surface area (Å²) in [7, 11) is 0. The molecule has 1 amide bonds. The van der Waals surface area contributed by atoms with Crippen LogP contribution in [0.25, 0.3) is 0 Å². The molecule has 0 aliphatic heterocycles. The van der Waals surface area contributed by atoms with E-state index in [1.165, 1.54) is 30.7 Å². The lowest BCUT2D eigenvalue weighted by atomic mass is 9.86. The van der Waals surface area contributed by atoms with Crippen molar-refractivity contribution in [2.24, 2.45) is 5.92 Å². The molecule has 1 aliphatic rings. The van der Waals surface area contributed by atoms with Crippen molar-refractivity contribution in [1.29, 1.82) is 0 Å². The first-order valence-corrected chi connectivity index (χ1v) is 7.97. The van der Waals surface area contributed by atoms with Gasteiger partial charge in [0.1, 0.15) is 5.75 Å². The normalized spacial score (nSPS) is 20.5. The average Bonchev–Trinajstić information content (AvgIpc) is 2.55. The molecule has 132 valence electrons. The minimum atomic E-state index is -2.92. The van der Waals surface area contributed by atoms with Gasteiger partial charge in [-0.3, -0.25) is 4.79 Å². The fourth-order valence-electron chi connectivity index (χ4n) is 2.77. The predicted molar refractivity (Wildman–Crippen MR) is 82.9 cm³/mol. The van der Waals surface area contributed by atoms with Crippen molar-refractivity contribution in [3.63, 3.8) is 0 Å². The molecule has 1 aliphatic carbocycles. The van der Waals surface area contributed by atoms with E-state index in [1.807, 2.05) is 0 Å². The highest BCUT2D eigenvalue weighted by Crippen LogP contribution is 2.23. The summed E-state index contributed by atoms with van der Waals surface area (Å²) in [6.07, 6.45) is 4.28. The smallest absolute Gasteiger partial charge is 0.387 e. The Morgan fingerprint density at radius 3 is 2.50 bits per heavy atom. The van der Waals surface area contributed by atoms with Crippen molar-refractivity contribution in [2.45, 2.75) is 45.3 Å². The summed E-state index contributed by atoms with van der Waals surface area (Å²) >= 11 is 0. The van der Waals surface area contributed by atoms with Crippen LogP contribution in [0.4, 0.5) is 8.78 Å². The molecule has 0 radical (unpaired) electrons. The Morgan fingerprint density at radius 1 is 1.21 bits per heavy atom. The first kappa shape index (κ1) is 18.2. The molecule has 24 heavy (non-hydrogen) atoms. The van der Waals surface area contributed by atoms with E-state index in [2.05, 4.69) is 17.0 Å². The Balaban J connectivity index is 1.78. The van der Waals surface area contributed by atoms with Gasteiger partial charge in [-0.25, -0.2) is 4.79 Å². The van der Waals surface area contributed by atoms with Crippen LogP contribution in [0.2, 0.25) is 0 Å². The molecule has 2 unspecified atom stereocenters. The standard InChI is InChI=1S/C17H21F2NO4/c1-11-4-2-3-5-14(11)20-15(21)10-23-16(22)12-6-8-13(9-7-12)24-17(18)19/h6-9,11,14,17H,2-5,10H2,1H3,(H,20,21). The minimum absolute atomic E-state index is 0.0504. The van der Waals surface area contributed by atoms with E-state index in [0.717, 1.165) is 19.3 Å². The molecular formula is C17H21F2NO4. The molecule has 0 saturated heterocycles. The van der Waals surface area contributed by atoms with E-state index in [0.29, 0.717) is 5.92 Å². The highest BCUT2D eigenvalue weighted by molar-refractivity contribution is 5.91. The van der Waals surface area contributed by atoms with E-state index < -0.39 is 12.6 Å². The number of rotatable bonds is 6. The maximum absolute atomic E-state index is 12.1. The van der Waals surface area contributed by atoms with Crippen molar-refractivity contribution in [1.82, 2.24) is 5.32 Å². The van der Waals surface area contributed by atoms with E-state index in [9.17, 15) is 18.4 Å². The zero-order chi connectivity index (χ0) is 17.5. The van der Waals surface area contributed by atoms with Crippen LogP contribution in [-0.4, -0.2) is 31.1 Å². The number of carbonyl (C=O) groups excluding carboxylic acids is 2. The summed E-state index contributed by atoms with van der Waals surface area (Å²) in [5.41, 5.74) is 0.162. The molecule has 1 N–H and O–H groups in total. The van der Waals surface area contributed by atoms with Gasteiger partial charge in [0.15, 0.2) is 6.61 Å². The second-order valence-electron chi connectivity index (χ2n) is 5.91. The fraction of sp³-hybridized carbons (Fsp3) is 0.529. The van der Waals surface area contributed by atoms with Crippen LogP contribution in [0.3, 0.4) is 0 Å².